The number of ether oxygens (including phenoxy) is 1. The standard InChI is InChI=1S/C20H22O/c1-14-6-5-7-17-11-10-16-9-8-15(13-20(2,3)4)12-18(16)21-19(14)17/h5-12H,13H2,1-4H3. The zero-order valence-electron chi connectivity index (χ0n) is 13.2. The Morgan fingerprint density at radius 3 is 2.48 bits per heavy atom. The van der Waals surface area contributed by atoms with Crippen LogP contribution in [0.3, 0.4) is 0 Å². The van der Waals surface area contributed by atoms with Crippen LogP contribution in [0.15, 0.2) is 36.4 Å². The molecule has 2 aromatic rings. The second-order valence-corrected chi connectivity index (χ2v) is 7.04. The summed E-state index contributed by atoms with van der Waals surface area (Å²) in [7, 11) is 0. The van der Waals surface area contributed by atoms with E-state index in [1.807, 2.05) is 0 Å². The fourth-order valence-corrected chi connectivity index (χ4v) is 2.76. The maximum absolute atomic E-state index is 6.23. The molecule has 1 aliphatic rings. The molecule has 0 unspecified atom stereocenters. The molecule has 0 aromatic heterocycles. The molecule has 2 aromatic carbocycles. The van der Waals surface area contributed by atoms with Crippen LogP contribution in [0.5, 0.6) is 11.5 Å². The highest BCUT2D eigenvalue weighted by atomic mass is 16.5. The van der Waals surface area contributed by atoms with Gasteiger partial charge < -0.3 is 4.74 Å². The highest BCUT2D eigenvalue weighted by Gasteiger charge is 2.16. The molecule has 0 aliphatic carbocycles. The molecule has 1 heterocycles. The molecular weight excluding hydrogens is 256 g/mol. The Labute approximate surface area is 127 Å². The first-order chi connectivity index (χ1) is 9.92. The Morgan fingerprint density at radius 2 is 1.71 bits per heavy atom. The molecule has 0 bridgehead atoms. The van der Waals surface area contributed by atoms with Gasteiger partial charge in [0.05, 0.1) is 0 Å². The lowest BCUT2D eigenvalue weighted by Gasteiger charge is -2.19. The maximum Gasteiger partial charge on any atom is 0.137 e. The number of rotatable bonds is 1. The van der Waals surface area contributed by atoms with Crippen LogP contribution in [0.25, 0.3) is 12.2 Å². The van der Waals surface area contributed by atoms with Gasteiger partial charge in [0.2, 0.25) is 0 Å². The number of hydrogen-bond acceptors (Lipinski definition) is 1. The Hall–Kier alpha value is -2.02. The van der Waals surface area contributed by atoms with Crippen LogP contribution in [-0.4, -0.2) is 0 Å². The van der Waals surface area contributed by atoms with Gasteiger partial charge in [-0.25, -0.2) is 0 Å². The Bertz CT molecular complexity index is 702. The first kappa shape index (κ1) is 13.9. The molecule has 0 fully saturated rings. The Morgan fingerprint density at radius 1 is 0.952 bits per heavy atom. The minimum absolute atomic E-state index is 0.280. The number of hydrogen-bond donors (Lipinski definition) is 0. The number of benzene rings is 2. The fraction of sp³-hybridized carbons (Fsp3) is 0.300. The fourth-order valence-electron chi connectivity index (χ4n) is 2.76. The maximum atomic E-state index is 6.23. The van der Waals surface area contributed by atoms with Gasteiger partial charge in [-0.2, -0.15) is 0 Å². The first-order valence-electron chi connectivity index (χ1n) is 7.51. The quantitative estimate of drug-likeness (QED) is 0.541. The van der Waals surface area contributed by atoms with Crippen molar-refractivity contribution < 1.29 is 4.74 Å². The van der Waals surface area contributed by atoms with Gasteiger partial charge in [-0.05, 0) is 36.0 Å². The van der Waals surface area contributed by atoms with Gasteiger partial charge in [0.15, 0.2) is 0 Å². The van der Waals surface area contributed by atoms with E-state index < -0.39 is 0 Å². The summed E-state index contributed by atoms with van der Waals surface area (Å²) in [5.41, 5.74) is 5.06. The van der Waals surface area contributed by atoms with Gasteiger partial charge in [-0.15, -0.1) is 0 Å². The van der Waals surface area contributed by atoms with Crippen molar-refractivity contribution in [2.75, 3.05) is 0 Å². The third kappa shape index (κ3) is 3.02. The molecule has 108 valence electrons. The summed E-state index contributed by atoms with van der Waals surface area (Å²) in [4.78, 5) is 0. The zero-order chi connectivity index (χ0) is 15.0. The van der Waals surface area contributed by atoms with E-state index in [0.29, 0.717) is 0 Å². The molecule has 0 saturated carbocycles. The smallest absolute Gasteiger partial charge is 0.137 e. The van der Waals surface area contributed by atoms with Gasteiger partial charge in [0.25, 0.3) is 0 Å². The van der Waals surface area contributed by atoms with Crippen molar-refractivity contribution in [2.24, 2.45) is 5.41 Å². The third-order valence-corrected chi connectivity index (χ3v) is 3.71. The van der Waals surface area contributed by atoms with Crippen molar-refractivity contribution in [3.8, 4) is 11.5 Å². The molecule has 1 aliphatic heterocycles. The number of aryl methyl sites for hydroxylation is 1. The van der Waals surface area contributed by atoms with E-state index in [9.17, 15) is 0 Å². The molecule has 0 N–H and O–H groups in total. The summed E-state index contributed by atoms with van der Waals surface area (Å²) < 4.78 is 6.23. The van der Waals surface area contributed by atoms with Crippen molar-refractivity contribution in [1.82, 2.24) is 0 Å². The lowest BCUT2D eigenvalue weighted by Crippen LogP contribution is -2.09. The van der Waals surface area contributed by atoms with Crippen LogP contribution in [0.1, 0.15) is 43.0 Å². The minimum atomic E-state index is 0.280. The van der Waals surface area contributed by atoms with Gasteiger partial charge in [0, 0.05) is 11.1 Å². The molecule has 3 rings (SSSR count). The second-order valence-electron chi connectivity index (χ2n) is 7.04. The molecular formula is C20H22O. The lowest BCUT2D eigenvalue weighted by atomic mass is 9.88. The summed E-state index contributed by atoms with van der Waals surface area (Å²) in [5, 5.41) is 0. The molecule has 21 heavy (non-hydrogen) atoms. The molecule has 0 saturated heterocycles. The molecule has 0 amide bonds. The normalized spacial score (nSPS) is 13.1. The van der Waals surface area contributed by atoms with E-state index in [2.05, 4.69) is 76.2 Å². The Kier molecular flexibility index (Phi) is 3.36. The van der Waals surface area contributed by atoms with Crippen LogP contribution in [0, 0.1) is 12.3 Å². The SMILES string of the molecule is Cc1cccc2c1Oc1cc(CC(C)(C)C)ccc1C=C2. The monoisotopic (exact) mass is 278 g/mol. The van der Waals surface area contributed by atoms with Crippen LogP contribution in [0.4, 0.5) is 0 Å². The topological polar surface area (TPSA) is 9.23 Å². The molecule has 1 nitrogen and oxygen atoms in total. The molecule has 0 radical (unpaired) electrons. The highest BCUT2D eigenvalue weighted by Crippen LogP contribution is 2.37. The summed E-state index contributed by atoms with van der Waals surface area (Å²) in [6.07, 6.45) is 5.33. The summed E-state index contributed by atoms with van der Waals surface area (Å²) in [5.74, 6) is 1.93. The predicted octanol–water partition coefficient (Wildman–Crippen LogP) is 5.86. The van der Waals surface area contributed by atoms with Crippen LogP contribution < -0.4 is 4.74 Å². The predicted molar refractivity (Wildman–Crippen MR) is 89.8 cm³/mol. The van der Waals surface area contributed by atoms with Crippen molar-refractivity contribution in [1.29, 1.82) is 0 Å². The van der Waals surface area contributed by atoms with Crippen LogP contribution in [0.2, 0.25) is 0 Å². The average Bonchev–Trinajstić information content (AvgIpc) is 2.57. The molecule has 1 heteroatoms. The number of fused-ring (bicyclic) bond motifs is 2. The van der Waals surface area contributed by atoms with E-state index in [0.717, 1.165) is 29.0 Å². The van der Waals surface area contributed by atoms with Crippen LogP contribution in [-0.2, 0) is 6.42 Å². The van der Waals surface area contributed by atoms with E-state index >= 15 is 0 Å². The van der Waals surface area contributed by atoms with Gasteiger partial charge in [0.1, 0.15) is 11.5 Å². The number of para-hydroxylation sites is 1. The summed E-state index contributed by atoms with van der Waals surface area (Å²) >= 11 is 0. The molecule has 0 atom stereocenters. The van der Waals surface area contributed by atoms with Gasteiger partial charge >= 0.3 is 0 Å². The zero-order valence-corrected chi connectivity index (χ0v) is 13.2. The first-order valence-corrected chi connectivity index (χ1v) is 7.51. The average molecular weight is 278 g/mol. The molecule has 0 spiro atoms. The van der Waals surface area contributed by atoms with Crippen molar-refractivity contribution >= 4 is 12.2 Å². The second kappa shape index (κ2) is 5.07. The summed E-state index contributed by atoms with van der Waals surface area (Å²) in [6.45, 7) is 8.88. The van der Waals surface area contributed by atoms with Gasteiger partial charge in [-0.3, -0.25) is 0 Å². The highest BCUT2D eigenvalue weighted by molar-refractivity contribution is 5.78. The van der Waals surface area contributed by atoms with Crippen LogP contribution >= 0.6 is 0 Å². The minimum Gasteiger partial charge on any atom is -0.456 e. The summed E-state index contributed by atoms with van der Waals surface area (Å²) in [6, 6.07) is 12.8. The Balaban J connectivity index is 2.02. The van der Waals surface area contributed by atoms with Crippen molar-refractivity contribution in [2.45, 2.75) is 34.1 Å². The van der Waals surface area contributed by atoms with E-state index in [4.69, 9.17) is 4.74 Å². The van der Waals surface area contributed by atoms with E-state index in [-0.39, 0.29) is 5.41 Å². The van der Waals surface area contributed by atoms with Crippen molar-refractivity contribution in [3.63, 3.8) is 0 Å². The van der Waals surface area contributed by atoms with E-state index in [1.165, 1.54) is 11.1 Å². The lowest BCUT2D eigenvalue weighted by molar-refractivity contribution is 0.409. The largest absolute Gasteiger partial charge is 0.456 e. The third-order valence-electron chi connectivity index (χ3n) is 3.71. The van der Waals surface area contributed by atoms with Gasteiger partial charge in [-0.1, -0.05) is 63.3 Å². The van der Waals surface area contributed by atoms with Crippen molar-refractivity contribution in [3.05, 3.63) is 58.7 Å². The van der Waals surface area contributed by atoms with E-state index in [1.54, 1.807) is 0 Å².